The van der Waals surface area contributed by atoms with Crippen molar-refractivity contribution < 1.29 is 18.0 Å². The van der Waals surface area contributed by atoms with Crippen LogP contribution in [0.2, 0.25) is 0 Å². The van der Waals surface area contributed by atoms with Crippen molar-refractivity contribution in [3.05, 3.63) is 23.8 Å². The molecule has 0 saturated carbocycles. The second-order valence-corrected chi connectivity index (χ2v) is 6.84. The van der Waals surface area contributed by atoms with Crippen molar-refractivity contribution in [3.63, 3.8) is 0 Å². The summed E-state index contributed by atoms with van der Waals surface area (Å²) in [7, 11) is -0.695. The number of anilines is 1. The van der Waals surface area contributed by atoms with Crippen LogP contribution in [0.4, 0.5) is 5.69 Å². The summed E-state index contributed by atoms with van der Waals surface area (Å²) in [6, 6.07) is 4.42. The number of nitrogens with one attached hydrogen (secondary N) is 2. The van der Waals surface area contributed by atoms with Crippen LogP contribution in [0.15, 0.2) is 23.1 Å². The van der Waals surface area contributed by atoms with Gasteiger partial charge in [0.25, 0.3) is 0 Å². The Hall–Kier alpha value is -1.93. The Morgan fingerprint density at radius 1 is 1.38 bits per heavy atom. The molecule has 114 valence electrons. The predicted octanol–water partition coefficient (Wildman–Crippen LogP) is 0.109. The van der Waals surface area contributed by atoms with Gasteiger partial charge in [-0.3, -0.25) is 9.59 Å². The van der Waals surface area contributed by atoms with Crippen LogP contribution in [0.5, 0.6) is 0 Å². The Labute approximate surface area is 123 Å². The quantitative estimate of drug-likeness (QED) is 0.825. The maximum absolute atomic E-state index is 12.2. The summed E-state index contributed by atoms with van der Waals surface area (Å²) in [6.45, 7) is 1.40. The standard InChI is InChI=1S/C13H17N3O4S/c1-8-10-6-9(4-5-11(10)15-13(8)18)21(19,20)14-7-12(17)16(2)3/h4-6,8,14H,7H2,1-3H3,(H,15,18)/t8-/m1/s1. The van der Waals surface area contributed by atoms with E-state index in [0.29, 0.717) is 11.3 Å². The molecule has 0 aliphatic carbocycles. The fraction of sp³-hybridized carbons (Fsp3) is 0.385. The zero-order chi connectivity index (χ0) is 15.8. The first kappa shape index (κ1) is 15.5. The molecule has 0 fully saturated rings. The molecule has 0 aromatic heterocycles. The molecule has 1 aliphatic rings. The van der Waals surface area contributed by atoms with Crippen molar-refractivity contribution in [1.29, 1.82) is 0 Å². The van der Waals surface area contributed by atoms with Crippen LogP contribution in [0.3, 0.4) is 0 Å². The predicted molar refractivity (Wildman–Crippen MR) is 77.4 cm³/mol. The fourth-order valence-corrected chi connectivity index (χ4v) is 2.97. The summed E-state index contributed by atoms with van der Waals surface area (Å²) in [6.07, 6.45) is 0. The summed E-state index contributed by atoms with van der Waals surface area (Å²) in [5, 5.41) is 2.68. The monoisotopic (exact) mass is 311 g/mol. The summed E-state index contributed by atoms with van der Waals surface area (Å²) in [5.41, 5.74) is 1.26. The van der Waals surface area contributed by atoms with Gasteiger partial charge in [-0.1, -0.05) is 0 Å². The summed E-state index contributed by atoms with van der Waals surface area (Å²) >= 11 is 0. The molecule has 1 aliphatic heterocycles. The SMILES string of the molecule is C[C@H]1C(=O)Nc2ccc(S(=O)(=O)NCC(=O)N(C)C)cc21. The van der Waals surface area contributed by atoms with Crippen LogP contribution in [-0.2, 0) is 19.6 Å². The Kier molecular flexibility index (Phi) is 4.02. The van der Waals surface area contributed by atoms with Crippen LogP contribution in [-0.4, -0.2) is 45.8 Å². The normalized spacial score (nSPS) is 17.3. The average molecular weight is 311 g/mol. The molecule has 0 spiro atoms. The number of likely N-dealkylation sites (N-methyl/N-ethyl adjacent to an activating group) is 1. The summed E-state index contributed by atoms with van der Waals surface area (Å²) < 4.78 is 26.6. The van der Waals surface area contributed by atoms with E-state index in [-0.39, 0.29) is 23.3 Å². The van der Waals surface area contributed by atoms with Gasteiger partial charge in [-0.05, 0) is 30.7 Å². The maximum atomic E-state index is 12.2. The van der Waals surface area contributed by atoms with Crippen molar-refractivity contribution in [2.75, 3.05) is 26.0 Å². The van der Waals surface area contributed by atoms with Gasteiger partial charge in [0.05, 0.1) is 17.4 Å². The third-order valence-corrected chi connectivity index (χ3v) is 4.76. The fourth-order valence-electron chi connectivity index (χ4n) is 1.96. The minimum Gasteiger partial charge on any atom is -0.348 e. The Morgan fingerprint density at radius 3 is 2.67 bits per heavy atom. The molecule has 2 rings (SSSR count). The number of nitrogens with zero attached hydrogens (tertiary/aromatic N) is 1. The van der Waals surface area contributed by atoms with Crippen molar-refractivity contribution in [3.8, 4) is 0 Å². The highest BCUT2D eigenvalue weighted by atomic mass is 32.2. The molecule has 1 atom stereocenters. The molecule has 1 aromatic carbocycles. The Morgan fingerprint density at radius 2 is 2.05 bits per heavy atom. The zero-order valence-electron chi connectivity index (χ0n) is 12.0. The maximum Gasteiger partial charge on any atom is 0.241 e. The number of benzene rings is 1. The van der Waals surface area contributed by atoms with E-state index in [1.807, 2.05) is 0 Å². The molecule has 0 bridgehead atoms. The van der Waals surface area contributed by atoms with Crippen LogP contribution in [0.1, 0.15) is 18.4 Å². The van der Waals surface area contributed by atoms with E-state index < -0.39 is 15.9 Å². The molecule has 21 heavy (non-hydrogen) atoms. The number of rotatable bonds is 4. The lowest BCUT2D eigenvalue weighted by Gasteiger charge is -2.12. The lowest BCUT2D eigenvalue weighted by molar-refractivity contribution is -0.127. The lowest BCUT2D eigenvalue weighted by atomic mass is 10.0. The first-order valence-corrected chi connectivity index (χ1v) is 7.85. The third-order valence-electron chi connectivity index (χ3n) is 3.36. The van der Waals surface area contributed by atoms with Crippen LogP contribution >= 0.6 is 0 Å². The van der Waals surface area contributed by atoms with Gasteiger partial charge in [0.2, 0.25) is 21.8 Å². The number of carbonyl (C=O) groups is 2. The van der Waals surface area contributed by atoms with Crippen LogP contribution < -0.4 is 10.0 Å². The minimum absolute atomic E-state index is 0.0381. The number of hydrogen-bond acceptors (Lipinski definition) is 4. The summed E-state index contributed by atoms with van der Waals surface area (Å²) in [5.74, 6) is -0.890. The molecular weight excluding hydrogens is 294 g/mol. The van der Waals surface area contributed by atoms with E-state index in [2.05, 4.69) is 10.0 Å². The molecule has 1 heterocycles. The Bertz CT molecular complexity index is 697. The highest BCUT2D eigenvalue weighted by molar-refractivity contribution is 7.89. The van der Waals surface area contributed by atoms with Gasteiger partial charge >= 0.3 is 0 Å². The highest BCUT2D eigenvalue weighted by Gasteiger charge is 2.28. The molecule has 8 heteroatoms. The number of hydrogen-bond donors (Lipinski definition) is 2. The van der Waals surface area contributed by atoms with Gasteiger partial charge in [0.15, 0.2) is 0 Å². The van der Waals surface area contributed by atoms with Crippen molar-refractivity contribution in [2.45, 2.75) is 17.7 Å². The number of sulfonamides is 1. The highest BCUT2D eigenvalue weighted by Crippen LogP contribution is 2.33. The molecule has 2 N–H and O–H groups in total. The van der Waals surface area contributed by atoms with Crippen LogP contribution in [0.25, 0.3) is 0 Å². The smallest absolute Gasteiger partial charge is 0.241 e. The second kappa shape index (κ2) is 5.45. The number of carbonyl (C=O) groups excluding carboxylic acids is 2. The van der Waals surface area contributed by atoms with E-state index >= 15 is 0 Å². The first-order chi connectivity index (χ1) is 9.72. The van der Waals surface area contributed by atoms with Gasteiger partial charge in [-0.25, -0.2) is 13.1 Å². The topological polar surface area (TPSA) is 95.6 Å². The van der Waals surface area contributed by atoms with Gasteiger partial charge in [0, 0.05) is 19.8 Å². The number of fused-ring (bicyclic) bond motifs is 1. The Balaban J connectivity index is 2.23. The molecule has 7 nitrogen and oxygen atoms in total. The third kappa shape index (κ3) is 3.06. The molecule has 0 radical (unpaired) electrons. The van der Waals surface area contributed by atoms with E-state index in [9.17, 15) is 18.0 Å². The van der Waals surface area contributed by atoms with Gasteiger partial charge in [-0.2, -0.15) is 0 Å². The first-order valence-electron chi connectivity index (χ1n) is 6.37. The lowest BCUT2D eigenvalue weighted by Crippen LogP contribution is -2.36. The van der Waals surface area contributed by atoms with Crippen molar-refractivity contribution >= 4 is 27.5 Å². The van der Waals surface area contributed by atoms with Gasteiger partial charge in [-0.15, -0.1) is 0 Å². The van der Waals surface area contributed by atoms with E-state index in [1.165, 1.54) is 17.0 Å². The van der Waals surface area contributed by atoms with Crippen molar-refractivity contribution in [2.24, 2.45) is 0 Å². The van der Waals surface area contributed by atoms with E-state index in [4.69, 9.17) is 0 Å². The van der Waals surface area contributed by atoms with Gasteiger partial charge < -0.3 is 10.2 Å². The molecule has 0 unspecified atom stereocenters. The van der Waals surface area contributed by atoms with E-state index in [1.54, 1.807) is 27.1 Å². The molecule has 0 saturated heterocycles. The number of amides is 2. The molecular formula is C13H17N3O4S. The van der Waals surface area contributed by atoms with Gasteiger partial charge in [0.1, 0.15) is 0 Å². The molecule has 1 aromatic rings. The molecule has 2 amide bonds. The minimum atomic E-state index is -3.79. The zero-order valence-corrected chi connectivity index (χ0v) is 12.8. The second-order valence-electron chi connectivity index (χ2n) is 5.07. The summed E-state index contributed by atoms with van der Waals surface area (Å²) in [4.78, 5) is 24.3. The van der Waals surface area contributed by atoms with Crippen LogP contribution in [0, 0.1) is 0 Å². The van der Waals surface area contributed by atoms with E-state index in [0.717, 1.165) is 0 Å². The van der Waals surface area contributed by atoms with Crippen molar-refractivity contribution in [1.82, 2.24) is 9.62 Å². The largest absolute Gasteiger partial charge is 0.348 e. The average Bonchev–Trinajstić information content (AvgIpc) is 2.71.